The summed E-state index contributed by atoms with van der Waals surface area (Å²) in [5.74, 6) is 0. The molecule has 0 aliphatic rings. The molecule has 0 bridgehead atoms. The summed E-state index contributed by atoms with van der Waals surface area (Å²) < 4.78 is 6.67. The van der Waals surface area contributed by atoms with Gasteiger partial charge >= 0.3 is 0 Å². The second-order valence-electron chi connectivity index (χ2n) is 7.74. The van der Waals surface area contributed by atoms with Crippen LogP contribution in [0.2, 0.25) is 0 Å². The van der Waals surface area contributed by atoms with E-state index in [0.29, 0.717) is 0 Å². The molecular formula is C26H17N3. The topological polar surface area (TPSA) is 13.2 Å². The third-order valence-corrected chi connectivity index (χ3v) is 6.19. The molecule has 3 heteroatoms. The van der Waals surface area contributed by atoms with Gasteiger partial charge in [0.25, 0.3) is 0 Å². The van der Waals surface area contributed by atoms with Crippen LogP contribution in [-0.2, 0) is 7.05 Å². The average Bonchev–Trinajstić information content (AvgIpc) is 3.40. The van der Waals surface area contributed by atoms with Crippen LogP contribution in [0.15, 0.2) is 84.9 Å². The molecule has 0 N–H and O–H groups in total. The lowest BCUT2D eigenvalue weighted by atomic mass is 10.1. The lowest BCUT2D eigenvalue weighted by molar-refractivity contribution is -0.649. The maximum Gasteiger partial charge on any atom is 0.244 e. The lowest BCUT2D eigenvalue weighted by Gasteiger charge is -2.05. The smallest absolute Gasteiger partial charge is 0.244 e. The molecule has 3 nitrogen and oxygen atoms in total. The van der Waals surface area contributed by atoms with Crippen LogP contribution < -0.4 is 4.57 Å². The first-order valence-corrected chi connectivity index (χ1v) is 9.87. The van der Waals surface area contributed by atoms with Gasteiger partial charge in [-0.25, -0.2) is 0 Å². The standard InChI is InChI=1S/C26H17N3/c1-27-16-28(17-8-3-2-4-9-17)25-14-21-20-12-7-11-19-18-10-5-6-13-22(18)29(26(19)20)23(21)15-24(25)27/h2-15H,1H3. The number of imidazole rings is 1. The molecule has 0 aliphatic carbocycles. The van der Waals surface area contributed by atoms with Gasteiger partial charge in [-0.05, 0) is 12.1 Å². The van der Waals surface area contributed by atoms with Crippen LogP contribution in [0.5, 0.6) is 0 Å². The molecule has 3 heterocycles. The minimum atomic E-state index is 1.12. The van der Waals surface area contributed by atoms with Gasteiger partial charge in [0.2, 0.25) is 6.33 Å². The molecule has 4 aromatic carbocycles. The number of fused-ring (bicyclic) bond motifs is 7. The first kappa shape index (κ1) is 15.1. The molecule has 7 rings (SSSR count). The molecule has 0 saturated carbocycles. The van der Waals surface area contributed by atoms with E-state index in [9.17, 15) is 0 Å². The van der Waals surface area contributed by atoms with Crippen LogP contribution in [0.25, 0.3) is 54.8 Å². The molecule has 0 fully saturated rings. The number of hydrogen-bond donors (Lipinski definition) is 0. The van der Waals surface area contributed by atoms with Crippen molar-refractivity contribution in [2.75, 3.05) is 0 Å². The highest BCUT2D eigenvalue weighted by molar-refractivity contribution is 6.24. The summed E-state index contributed by atoms with van der Waals surface area (Å²) >= 11 is 0. The van der Waals surface area contributed by atoms with Crippen molar-refractivity contribution in [3.8, 4) is 5.69 Å². The number of aromatic nitrogens is 3. The van der Waals surface area contributed by atoms with Gasteiger partial charge in [-0.15, -0.1) is 0 Å². The van der Waals surface area contributed by atoms with E-state index in [1.54, 1.807) is 0 Å². The van der Waals surface area contributed by atoms with Crippen molar-refractivity contribution in [2.45, 2.75) is 0 Å². The fourth-order valence-electron chi connectivity index (χ4n) is 4.93. The molecule has 136 valence electrons. The van der Waals surface area contributed by atoms with Gasteiger partial charge in [0.15, 0.2) is 0 Å². The van der Waals surface area contributed by atoms with Crippen molar-refractivity contribution in [3.05, 3.63) is 91.3 Å². The summed E-state index contributed by atoms with van der Waals surface area (Å²) in [5, 5.41) is 5.22. The first-order valence-electron chi connectivity index (χ1n) is 9.87. The normalized spacial score (nSPS) is 12.3. The van der Waals surface area contributed by atoms with E-state index in [1.807, 2.05) is 6.07 Å². The van der Waals surface area contributed by atoms with Crippen LogP contribution in [-0.4, -0.2) is 8.97 Å². The highest BCUT2D eigenvalue weighted by atomic mass is 15.1. The summed E-state index contributed by atoms with van der Waals surface area (Å²) in [6.45, 7) is 0. The predicted octanol–water partition coefficient (Wildman–Crippen LogP) is 5.41. The van der Waals surface area contributed by atoms with Crippen LogP contribution in [0.3, 0.4) is 0 Å². The van der Waals surface area contributed by atoms with E-state index in [-0.39, 0.29) is 0 Å². The molecule has 0 aliphatic heterocycles. The second kappa shape index (κ2) is 5.15. The molecule has 0 spiro atoms. The zero-order valence-corrected chi connectivity index (χ0v) is 15.9. The Labute approximate surface area is 167 Å². The van der Waals surface area contributed by atoms with Gasteiger partial charge in [0.1, 0.15) is 0 Å². The fourth-order valence-corrected chi connectivity index (χ4v) is 4.93. The van der Waals surface area contributed by atoms with E-state index in [1.165, 1.54) is 49.1 Å². The quantitative estimate of drug-likeness (QED) is 0.271. The average molecular weight is 371 g/mol. The largest absolute Gasteiger partial charge is 0.319 e. The van der Waals surface area contributed by atoms with Crippen LogP contribution in [0.4, 0.5) is 0 Å². The van der Waals surface area contributed by atoms with Crippen molar-refractivity contribution < 1.29 is 4.57 Å². The van der Waals surface area contributed by atoms with Gasteiger partial charge in [-0.3, -0.25) is 0 Å². The number of benzene rings is 4. The van der Waals surface area contributed by atoms with Crippen molar-refractivity contribution in [1.29, 1.82) is 0 Å². The number of nitrogens with zero attached hydrogens (tertiary/aromatic N) is 3. The van der Waals surface area contributed by atoms with Crippen molar-refractivity contribution in [3.63, 3.8) is 0 Å². The van der Waals surface area contributed by atoms with E-state index in [4.69, 9.17) is 0 Å². The Kier molecular flexibility index (Phi) is 2.68. The van der Waals surface area contributed by atoms with Gasteiger partial charge in [-0.2, -0.15) is 0 Å². The zero-order valence-electron chi connectivity index (χ0n) is 15.9. The van der Waals surface area contributed by atoms with Gasteiger partial charge < -0.3 is 13.5 Å². The molecule has 0 radical (unpaired) electrons. The van der Waals surface area contributed by atoms with E-state index >= 15 is 0 Å². The zero-order chi connectivity index (χ0) is 19.1. The van der Waals surface area contributed by atoms with Crippen molar-refractivity contribution in [2.24, 2.45) is 7.05 Å². The summed E-state index contributed by atoms with van der Waals surface area (Å²) in [6, 6.07) is 30.4. The van der Waals surface area contributed by atoms with Gasteiger partial charge in [0.05, 0.1) is 34.8 Å². The van der Waals surface area contributed by atoms with E-state index in [2.05, 4.69) is 106 Å². The SMILES string of the molecule is C[n+]1[c-]n(-c2ccccc2)c2cc3c4cccc5c6ccccc6n(c3cc21)c54. The summed E-state index contributed by atoms with van der Waals surface area (Å²) in [7, 11) is 2.07. The first-order chi connectivity index (χ1) is 14.3. The second-order valence-corrected chi connectivity index (χ2v) is 7.74. The number of para-hydroxylation sites is 3. The van der Waals surface area contributed by atoms with E-state index in [0.717, 1.165) is 5.69 Å². The highest BCUT2D eigenvalue weighted by Gasteiger charge is 2.18. The highest BCUT2D eigenvalue weighted by Crippen LogP contribution is 2.39. The maximum atomic E-state index is 3.48. The third-order valence-electron chi connectivity index (χ3n) is 6.19. The maximum absolute atomic E-state index is 3.48. The Balaban J connectivity index is 1.72. The summed E-state index contributed by atoms with van der Waals surface area (Å²) in [4.78, 5) is 0. The van der Waals surface area contributed by atoms with Crippen LogP contribution in [0, 0.1) is 6.33 Å². The summed E-state index contributed by atoms with van der Waals surface area (Å²) in [5.41, 5.74) is 7.30. The third kappa shape index (κ3) is 1.80. The van der Waals surface area contributed by atoms with Gasteiger partial charge in [0, 0.05) is 27.1 Å². The number of rotatable bonds is 1. The fraction of sp³-hybridized carbons (Fsp3) is 0.0385. The Morgan fingerprint density at radius 2 is 1.38 bits per heavy atom. The number of aryl methyl sites for hydroxylation is 1. The minimum absolute atomic E-state index is 1.12. The van der Waals surface area contributed by atoms with Crippen molar-refractivity contribution in [1.82, 2.24) is 8.97 Å². The number of hydrogen-bond acceptors (Lipinski definition) is 0. The molecule has 0 amide bonds. The Hall–Kier alpha value is -3.85. The summed E-state index contributed by atoms with van der Waals surface area (Å²) in [6.07, 6.45) is 3.48. The Morgan fingerprint density at radius 1 is 0.655 bits per heavy atom. The lowest BCUT2D eigenvalue weighted by Crippen LogP contribution is -2.26. The monoisotopic (exact) mass is 371 g/mol. The Morgan fingerprint density at radius 3 is 2.24 bits per heavy atom. The Bertz CT molecular complexity index is 1700. The van der Waals surface area contributed by atoms with Gasteiger partial charge in [-0.1, -0.05) is 72.8 Å². The van der Waals surface area contributed by atoms with Crippen LogP contribution in [0.1, 0.15) is 0 Å². The molecule has 29 heavy (non-hydrogen) atoms. The molecule has 0 saturated heterocycles. The molecular weight excluding hydrogens is 354 g/mol. The molecule has 0 atom stereocenters. The predicted molar refractivity (Wildman–Crippen MR) is 118 cm³/mol. The van der Waals surface area contributed by atoms with E-state index < -0.39 is 0 Å². The molecule has 7 aromatic rings. The van der Waals surface area contributed by atoms with Crippen molar-refractivity contribution >= 4 is 49.1 Å². The molecule has 3 aromatic heterocycles. The van der Waals surface area contributed by atoms with Crippen LogP contribution >= 0.6 is 0 Å². The molecule has 0 unspecified atom stereocenters. The minimum Gasteiger partial charge on any atom is -0.319 e.